The van der Waals surface area contributed by atoms with Crippen molar-refractivity contribution in [2.75, 3.05) is 0 Å². The summed E-state index contributed by atoms with van der Waals surface area (Å²) in [5.41, 5.74) is 1.14. The van der Waals surface area contributed by atoms with Crippen molar-refractivity contribution in [1.29, 1.82) is 0 Å². The molecule has 2 N–H and O–H groups in total. The number of aromatic nitrogens is 1. The number of furan rings is 1. The van der Waals surface area contributed by atoms with Gasteiger partial charge in [-0.15, -0.1) is 6.58 Å². The Bertz CT molecular complexity index is 1200. The van der Waals surface area contributed by atoms with Crippen molar-refractivity contribution in [2.45, 2.75) is 25.3 Å². The number of aryl methyl sites for hydroxylation is 2. The molecular formula is C17H17N3O4S2. The number of rotatable bonds is 4. The van der Waals surface area contributed by atoms with Gasteiger partial charge in [0.25, 0.3) is 5.91 Å². The maximum atomic E-state index is 12.5. The Kier molecular flexibility index (Phi) is 4.70. The van der Waals surface area contributed by atoms with Crippen LogP contribution in [-0.2, 0) is 16.6 Å². The minimum atomic E-state index is -3.81. The van der Waals surface area contributed by atoms with E-state index in [0.29, 0.717) is 33.1 Å². The topological polar surface area (TPSA) is 108 Å². The fourth-order valence-electron chi connectivity index (χ4n) is 2.61. The second-order valence-corrected chi connectivity index (χ2v) is 8.27. The zero-order valence-electron chi connectivity index (χ0n) is 14.2. The van der Waals surface area contributed by atoms with Gasteiger partial charge in [0.15, 0.2) is 4.80 Å². The molecule has 0 saturated carbocycles. The molecule has 0 unspecified atom stereocenters. The largest absolute Gasteiger partial charge is 0.466 e. The Hall–Kier alpha value is -2.49. The first-order valence-corrected chi connectivity index (χ1v) is 10.00. The molecule has 3 rings (SSSR count). The van der Waals surface area contributed by atoms with Crippen LogP contribution < -0.4 is 9.94 Å². The van der Waals surface area contributed by atoms with Crippen LogP contribution in [0.25, 0.3) is 10.2 Å². The van der Waals surface area contributed by atoms with Crippen molar-refractivity contribution in [1.82, 2.24) is 4.57 Å². The average molecular weight is 391 g/mol. The highest BCUT2D eigenvalue weighted by Crippen LogP contribution is 2.22. The molecule has 0 bridgehead atoms. The number of hydrogen-bond donors (Lipinski definition) is 1. The van der Waals surface area contributed by atoms with Crippen LogP contribution in [0.15, 0.2) is 51.2 Å². The smallest absolute Gasteiger partial charge is 0.283 e. The lowest BCUT2D eigenvalue weighted by Crippen LogP contribution is -2.16. The number of primary sulfonamides is 1. The van der Waals surface area contributed by atoms with Crippen molar-refractivity contribution in [3.63, 3.8) is 0 Å². The number of fused-ring (bicyclic) bond motifs is 1. The Morgan fingerprint density at radius 2 is 2.12 bits per heavy atom. The molecule has 136 valence electrons. The molecule has 0 spiro atoms. The number of carbonyl (C=O) groups excluding carboxylic acids is 1. The number of benzene rings is 1. The third-order valence-electron chi connectivity index (χ3n) is 3.76. The first-order chi connectivity index (χ1) is 12.2. The summed E-state index contributed by atoms with van der Waals surface area (Å²) in [4.78, 5) is 17.2. The lowest BCUT2D eigenvalue weighted by atomic mass is 10.2. The Morgan fingerprint density at radius 1 is 1.38 bits per heavy atom. The predicted octanol–water partition coefficient (Wildman–Crippen LogP) is 2.49. The summed E-state index contributed by atoms with van der Waals surface area (Å²) >= 11 is 1.21. The molecule has 1 amide bonds. The molecule has 1 aromatic carbocycles. The maximum Gasteiger partial charge on any atom is 0.283 e. The number of allylic oxidation sites excluding steroid dienone is 1. The highest BCUT2D eigenvalue weighted by molar-refractivity contribution is 7.89. The lowest BCUT2D eigenvalue weighted by molar-refractivity contribution is 0.0996. The van der Waals surface area contributed by atoms with Crippen LogP contribution in [0, 0.1) is 13.8 Å². The third-order valence-corrected chi connectivity index (χ3v) is 5.72. The first-order valence-electron chi connectivity index (χ1n) is 7.64. The number of thiazole rings is 1. The van der Waals surface area contributed by atoms with Gasteiger partial charge in [-0.1, -0.05) is 17.4 Å². The number of hydrogen-bond acceptors (Lipinski definition) is 5. The lowest BCUT2D eigenvalue weighted by Gasteiger charge is -2.02. The predicted molar refractivity (Wildman–Crippen MR) is 99.5 cm³/mol. The van der Waals surface area contributed by atoms with Crippen LogP contribution in [0.5, 0.6) is 0 Å². The summed E-state index contributed by atoms with van der Waals surface area (Å²) in [6, 6.07) is 6.20. The van der Waals surface area contributed by atoms with Crippen LogP contribution in [0.2, 0.25) is 0 Å². The van der Waals surface area contributed by atoms with Crippen LogP contribution in [0.1, 0.15) is 21.9 Å². The Morgan fingerprint density at radius 3 is 2.69 bits per heavy atom. The van der Waals surface area contributed by atoms with Gasteiger partial charge in [0.1, 0.15) is 11.5 Å². The van der Waals surface area contributed by atoms with Gasteiger partial charge in [-0.3, -0.25) is 4.79 Å². The van der Waals surface area contributed by atoms with Crippen molar-refractivity contribution in [2.24, 2.45) is 10.1 Å². The van der Waals surface area contributed by atoms with E-state index in [2.05, 4.69) is 11.6 Å². The second-order valence-electron chi connectivity index (χ2n) is 5.70. The van der Waals surface area contributed by atoms with Gasteiger partial charge >= 0.3 is 0 Å². The van der Waals surface area contributed by atoms with E-state index in [1.54, 1.807) is 36.6 Å². The minimum absolute atomic E-state index is 0.0104. The number of sulfonamides is 1. The van der Waals surface area contributed by atoms with Crippen LogP contribution in [-0.4, -0.2) is 18.9 Å². The van der Waals surface area contributed by atoms with Crippen LogP contribution >= 0.6 is 11.3 Å². The maximum absolute atomic E-state index is 12.5. The van der Waals surface area contributed by atoms with E-state index in [1.807, 2.05) is 0 Å². The normalized spacial score (nSPS) is 12.7. The molecule has 2 heterocycles. The summed E-state index contributed by atoms with van der Waals surface area (Å²) in [6.45, 7) is 7.61. The standard InChI is InChI=1S/C17H17N3O4S2/c1-4-7-20-14-6-5-12(26(18,22)23)9-15(14)25-17(20)19-16(21)13-8-10(2)24-11(13)3/h4-6,8-9H,1,7H2,2-3H3,(H2,18,22,23). The molecule has 0 saturated heterocycles. The molecule has 0 aliphatic rings. The van der Waals surface area contributed by atoms with E-state index in [9.17, 15) is 13.2 Å². The molecule has 0 aliphatic heterocycles. The zero-order valence-corrected chi connectivity index (χ0v) is 15.9. The number of nitrogens with zero attached hydrogens (tertiary/aromatic N) is 2. The fourth-order valence-corrected chi connectivity index (χ4v) is 4.30. The van der Waals surface area contributed by atoms with E-state index >= 15 is 0 Å². The van der Waals surface area contributed by atoms with Crippen LogP contribution in [0.4, 0.5) is 0 Å². The van der Waals surface area contributed by atoms with Gasteiger partial charge in [-0.05, 0) is 38.1 Å². The molecule has 0 fully saturated rings. The molecule has 3 aromatic rings. The summed E-state index contributed by atoms with van der Waals surface area (Å²) in [7, 11) is -3.81. The highest BCUT2D eigenvalue weighted by Gasteiger charge is 2.15. The molecule has 0 atom stereocenters. The first kappa shape index (κ1) is 18.3. The zero-order chi connectivity index (χ0) is 19.1. The quantitative estimate of drug-likeness (QED) is 0.689. The second kappa shape index (κ2) is 6.67. The SMILES string of the molecule is C=CCn1c(=NC(=O)c2cc(C)oc2C)sc2cc(S(N)(=O)=O)ccc21. The van der Waals surface area contributed by atoms with E-state index < -0.39 is 15.9 Å². The van der Waals surface area contributed by atoms with Crippen molar-refractivity contribution >= 4 is 37.5 Å². The van der Waals surface area contributed by atoms with Crippen molar-refractivity contribution in [3.05, 3.63) is 58.8 Å². The summed E-state index contributed by atoms with van der Waals surface area (Å²) in [5.74, 6) is 0.716. The van der Waals surface area contributed by atoms with E-state index in [0.717, 1.165) is 5.52 Å². The van der Waals surface area contributed by atoms with Crippen LogP contribution in [0.3, 0.4) is 0 Å². The molecule has 0 aliphatic carbocycles. The van der Waals surface area contributed by atoms with Gasteiger partial charge in [0.05, 0.1) is 20.7 Å². The van der Waals surface area contributed by atoms with Gasteiger partial charge in [-0.2, -0.15) is 4.99 Å². The van der Waals surface area contributed by atoms with Gasteiger partial charge in [0.2, 0.25) is 10.0 Å². The van der Waals surface area contributed by atoms with E-state index in [-0.39, 0.29) is 4.90 Å². The molecule has 26 heavy (non-hydrogen) atoms. The van der Waals surface area contributed by atoms with Crippen molar-refractivity contribution < 1.29 is 17.6 Å². The molecule has 7 nitrogen and oxygen atoms in total. The Labute approximate surface area is 154 Å². The molecular weight excluding hydrogens is 374 g/mol. The summed E-state index contributed by atoms with van der Waals surface area (Å²) in [6.07, 6.45) is 1.68. The molecule has 9 heteroatoms. The Balaban J connectivity index is 2.21. The minimum Gasteiger partial charge on any atom is -0.466 e. The van der Waals surface area contributed by atoms with Gasteiger partial charge in [0, 0.05) is 6.54 Å². The van der Waals surface area contributed by atoms with E-state index in [1.165, 1.54) is 23.5 Å². The number of carbonyl (C=O) groups is 1. The van der Waals surface area contributed by atoms with E-state index in [4.69, 9.17) is 9.56 Å². The molecule has 0 radical (unpaired) electrons. The highest BCUT2D eigenvalue weighted by atomic mass is 32.2. The average Bonchev–Trinajstić information content (AvgIpc) is 3.06. The van der Waals surface area contributed by atoms with Gasteiger partial charge < -0.3 is 8.98 Å². The number of nitrogens with two attached hydrogens (primary N) is 1. The van der Waals surface area contributed by atoms with Gasteiger partial charge in [-0.25, -0.2) is 13.6 Å². The summed E-state index contributed by atoms with van der Waals surface area (Å²) in [5, 5.41) is 5.19. The number of amides is 1. The fraction of sp³-hybridized carbons (Fsp3) is 0.176. The third kappa shape index (κ3) is 3.41. The summed E-state index contributed by atoms with van der Waals surface area (Å²) < 4.78 is 31.0. The van der Waals surface area contributed by atoms with Crippen molar-refractivity contribution in [3.8, 4) is 0 Å². The monoisotopic (exact) mass is 391 g/mol. The molecule has 2 aromatic heterocycles.